The zero-order valence-electron chi connectivity index (χ0n) is 19.1. The van der Waals surface area contributed by atoms with Crippen LogP contribution in [0.3, 0.4) is 0 Å². The van der Waals surface area contributed by atoms with E-state index in [4.69, 9.17) is 12.2 Å². The average molecular weight is 448 g/mol. The number of nitrogens with zero attached hydrogens (tertiary/aromatic N) is 1. The standard InChI is InChI=1S/C27H33N3OS/c1-19-13-14-20(2)25-24(19)17-22(26(31)29-25)18-30(23-11-7-4-8-12-23)27(32)28-16-15-21-9-5-3-6-10-21/h3,5-6,9-10,13-14,17,23H,4,7-8,11-12,15-16,18H2,1-2H3,(H,28,32)(H,29,31). The number of hydrogen-bond acceptors (Lipinski definition) is 2. The van der Waals surface area contributed by atoms with E-state index in [9.17, 15) is 4.79 Å². The predicted octanol–water partition coefficient (Wildman–Crippen LogP) is 5.40. The lowest BCUT2D eigenvalue weighted by molar-refractivity contribution is 0.234. The Kier molecular flexibility index (Phi) is 7.26. The molecule has 0 bridgehead atoms. The van der Waals surface area contributed by atoms with Crippen molar-refractivity contribution in [1.29, 1.82) is 0 Å². The van der Waals surface area contributed by atoms with Gasteiger partial charge in [0, 0.05) is 23.5 Å². The summed E-state index contributed by atoms with van der Waals surface area (Å²) in [6.45, 7) is 5.47. The molecule has 2 aromatic carbocycles. The number of aryl methyl sites for hydroxylation is 2. The van der Waals surface area contributed by atoms with E-state index in [1.807, 2.05) is 13.0 Å². The SMILES string of the molecule is Cc1ccc(C)c2[nH]c(=O)c(CN(C(=S)NCCc3ccccc3)C3CCCCC3)cc12. The Morgan fingerprint density at radius 2 is 1.78 bits per heavy atom. The van der Waals surface area contributed by atoms with Crippen LogP contribution in [-0.4, -0.2) is 27.6 Å². The van der Waals surface area contributed by atoms with E-state index in [-0.39, 0.29) is 5.56 Å². The Bertz CT molecular complexity index is 1130. The maximum Gasteiger partial charge on any atom is 0.253 e. The Morgan fingerprint density at radius 3 is 2.53 bits per heavy atom. The number of hydrogen-bond donors (Lipinski definition) is 2. The molecule has 1 aromatic heterocycles. The normalized spacial score (nSPS) is 14.4. The highest BCUT2D eigenvalue weighted by Gasteiger charge is 2.24. The first-order chi connectivity index (χ1) is 15.5. The number of benzene rings is 2. The molecule has 2 N–H and O–H groups in total. The molecule has 168 valence electrons. The van der Waals surface area contributed by atoms with Crippen molar-refractivity contribution in [2.45, 2.75) is 65.0 Å². The number of H-pyrrole nitrogens is 1. The molecule has 1 saturated carbocycles. The van der Waals surface area contributed by atoms with Crippen LogP contribution in [0.1, 0.15) is 54.4 Å². The molecule has 4 rings (SSSR count). The lowest BCUT2D eigenvalue weighted by Crippen LogP contribution is -2.47. The van der Waals surface area contributed by atoms with Crippen LogP contribution in [0, 0.1) is 13.8 Å². The first kappa shape index (κ1) is 22.5. The van der Waals surface area contributed by atoms with Gasteiger partial charge in [-0.1, -0.05) is 61.7 Å². The van der Waals surface area contributed by atoms with Gasteiger partial charge in [0.1, 0.15) is 0 Å². The Labute approximate surface area is 196 Å². The molecule has 4 nitrogen and oxygen atoms in total. The summed E-state index contributed by atoms with van der Waals surface area (Å²) >= 11 is 5.86. The van der Waals surface area contributed by atoms with E-state index in [0.29, 0.717) is 12.6 Å². The van der Waals surface area contributed by atoms with Crippen molar-refractivity contribution in [3.05, 3.63) is 81.1 Å². The maximum atomic E-state index is 13.0. The van der Waals surface area contributed by atoms with Crippen molar-refractivity contribution in [2.24, 2.45) is 0 Å². The third-order valence-corrected chi connectivity index (χ3v) is 7.05. The van der Waals surface area contributed by atoms with Crippen molar-refractivity contribution in [1.82, 2.24) is 15.2 Å². The first-order valence-corrected chi connectivity index (χ1v) is 12.1. The summed E-state index contributed by atoms with van der Waals surface area (Å²) in [5.41, 5.74) is 5.27. The fraction of sp³-hybridized carbons (Fsp3) is 0.407. The first-order valence-electron chi connectivity index (χ1n) is 11.7. The number of nitrogens with one attached hydrogen (secondary N) is 2. The molecule has 0 aliphatic heterocycles. The molecule has 32 heavy (non-hydrogen) atoms. The number of thiocarbonyl (C=S) groups is 1. The van der Waals surface area contributed by atoms with Crippen LogP contribution >= 0.6 is 12.2 Å². The van der Waals surface area contributed by atoms with E-state index in [0.717, 1.165) is 52.9 Å². The molecular weight excluding hydrogens is 414 g/mol. The van der Waals surface area contributed by atoms with E-state index >= 15 is 0 Å². The molecule has 1 heterocycles. The Balaban J connectivity index is 1.55. The van der Waals surface area contributed by atoms with Crippen molar-refractivity contribution in [3.8, 4) is 0 Å². The topological polar surface area (TPSA) is 48.1 Å². The number of rotatable bonds is 6. The molecule has 3 aromatic rings. The molecule has 0 spiro atoms. The van der Waals surface area contributed by atoms with Gasteiger partial charge in [0.25, 0.3) is 5.56 Å². The van der Waals surface area contributed by atoms with Gasteiger partial charge in [0.15, 0.2) is 5.11 Å². The van der Waals surface area contributed by atoms with Crippen LogP contribution in [0.15, 0.2) is 53.3 Å². The van der Waals surface area contributed by atoms with Gasteiger partial charge in [-0.3, -0.25) is 4.79 Å². The molecule has 0 atom stereocenters. The van der Waals surface area contributed by atoms with Crippen molar-refractivity contribution < 1.29 is 0 Å². The molecule has 1 aliphatic carbocycles. The highest BCUT2D eigenvalue weighted by Crippen LogP contribution is 2.25. The van der Waals surface area contributed by atoms with E-state index in [1.165, 1.54) is 30.4 Å². The molecule has 5 heteroatoms. The largest absolute Gasteiger partial charge is 0.362 e. The number of fused-ring (bicyclic) bond motifs is 1. The van der Waals surface area contributed by atoms with Gasteiger partial charge in [-0.2, -0.15) is 0 Å². The molecule has 0 radical (unpaired) electrons. The van der Waals surface area contributed by atoms with Gasteiger partial charge in [0.05, 0.1) is 12.1 Å². The predicted molar refractivity (Wildman–Crippen MR) is 137 cm³/mol. The van der Waals surface area contributed by atoms with Crippen LogP contribution in [0.2, 0.25) is 0 Å². The molecular formula is C27H33N3OS. The molecule has 0 unspecified atom stereocenters. The van der Waals surface area contributed by atoms with Crippen molar-refractivity contribution >= 4 is 28.2 Å². The minimum atomic E-state index is -0.0147. The van der Waals surface area contributed by atoms with Gasteiger partial charge in [-0.15, -0.1) is 0 Å². The van der Waals surface area contributed by atoms with Crippen molar-refractivity contribution in [2.75, 3.05) is 6.54 Å². The Morgan fingerprint density at radius 1 is 1.06 bits per heavy atom. The van der Waals surface area contributed by atoms with E-state index in [2.05, 4.69) is 64.6 Å². The van der Waals surface area contributed by atoms with Crippen molar-refractivity contribution in [3.63, 3.8) is 0 Å². The smallest absolute Gasteiger partial charge is 0.253 e. The summed E-state index contributed by atoms with van der Waals surface area (Å²) < 4.78 is 0. The summed E-state index contributed by atoms with van der Waals surface area (Å²) in [6.07, 6.45) is 6.91. The highest BCUT2D eigenvalue weighted by molar-refractivity contribution is 7.80. The third-order valence-electron chi connectivity index (χ3n) is 6.67. The van der Waals surface area contributed by atoms with Gasteiger partial charge in [-0.05, 0) is 68.1 Å². The maximum absolute atomic E-state index is 13.0. The number of aromatic nitrogens is 1. The minimum absolute atomic E-state index is 0.0147. The lowest BCUT2D eigenvalue weighted by atomic mass is 9.94. The van der Waals surface area contributed by atoms with E-state index < -0.39 is 0 Å². The van der Waals surface area contributed by atoms with Gasteiger partial charge < -0.3 is 15.2 Å². The van der Waals surface area contributed by atoms with Gasteiger partial charge >= 0.3 is 0 Å². The van der Waals surface area contributed by atoms with Crippen LogP contribution < -0.4 is 10.9 Å². The molecule has 1 fully saturated rings. The second-order valence-electron chi connectivity index (χ2n) is 9.00. The summed E-state index contributed by atoms with van der Waals surface area (Å²) in [6, 6.07) is 17.1. The second kappa shape index (κ2) is 10.3. The third kappa shape index (κ3) is 5.21. The second-order valence-corrected chi connectivity index (χ2v) is 9.39. The molecule has 1 aliphatic rings. The summed E-state index contributed by atoms with van der Waals surface area (Å²) in [4.78, 5) is 18.4. The van der Waals surface area contributed by atoms with Crippen LogP contribution in [-0.2, 0) is 13.0 Å². The highest BCUT2D eigenvalue weighted by atomic mass is 32.1. The number of pyridine rings is 1. The average Bonchev–Trinajstić information content (AvgIpc) is 2.81. The zero-order valence-corrected chi connectivity index (χ0v) is 19.9. The monoisotopic (exact) mass is 447 g/mol. The lowest BCUT2D eigenvalue weighted by Gasteiger charge is -2.36. The molecule has 0 saturated heterocycles. The van der Waals surface area contributed by atoms with E-state index in [1.54, 1.807) is 0 Å². The van der Waals surface area contributed by atoms with Crippen LogP contribution in [0.25, 0.3) is 10.9 Å². The fourth-order valence-corrected chi connectivity index (χ4v) is 5.05. The quantitative estimate of drug-likeness (QED) is 0.497. The van der Waals surface area contributed by atoms with Crippen LogP contribution in [0.5, 0.6) is 0 Å². The Hall–Kier alpha value is -2.66. The van der Waals surface area contributed by atoms with Crippen LogP contribution in [0.4, 0.5) is 0 Å². The summed E-state index contributed by atoms with van der Waals surface area (Å²) in [5, 5.41) is 5.35. The number of aromatic amines is 1. The minimum Gasteiger partial charge on any atom is -0.362 e. The zero-order chi connectivity index (χ0) is 22.5. The summed E-state index contributed by atoms with van der Waals surface area (Å²) in [7, 11) is 0. The fourth-order valence-electron chi connectivity index (χ4n) is 4.74. The van der Waals surface area contributed by atoms with Gasteiger partial charge in [-0.25, -0.2) is 0 Å². The summed E-state index contributed by atoms with van der Waals surface area (Å²) in [5.74, 6) is 0. The van der Waals surface area contributed by atoms with Gasteiger partial charge in [0.2, 0.25) is 0 Å². The molecule has 0 amide bonds.